The SMILES string of the molecule is Cc1nc(C(=O)N2[C@H]3CC[C@@H]2[C@@](CO)(Cc2ccccc2)C3)cs1. The number of hydrogen-bond donors (Lipinski definition) is 1. The van der Waals surface area contributed by atoms with E-state index in [1.54, 1.807) is 0 Å². The highest BCUT2D eigenvalue weighted by molar-refractivity contribution is 7.09. The van der Waals surface area contributed by atoms with Crippen molar-refractivity contribution in [3.05, 3.63) is 52.0 Å². The van der Waals surface area contributed by atoms with Crippen molar-refractivity contribution in [1.82, 2.24) is 9.88 Å². The first-order chi connectivity index (χ1) is 11.6. The van der Waals surface area contributed by atoms with Crippen molar-refractivity contribution in [1.29, 1.82) is 0 Å². The molecule has 1 N–H and O–H groups in total. The van der Waals surface area contributed by atoms with Gasteiger partial charge in [-0.3, -0.25) is 4.79 Å². The lowest BCUT2D eigenvalue weighted by Crippen LogP contribution is -2.44. The number of thiazole rings is 1. The van der Waals surface area contributed by atoms with Crippen LogP contribution in [0.2, 0.25) is 0 Å². The number of rotatable bonds is 4. The predicted octanol–water partition coefficient (Wildman–Crippen LogP) is 3.05. The maximum atomic E-state index is 13.0. The van der Waals surface area contributed by atoms with Crippen molar-refractivity contribution >= 4 is 17.2 Å². The van der Waals surface area contributed by atoms with E-state index < -0.39 is 0 Å². The first kappa shape index (κ1) is 15.8. The molecule has 0 radical (unpaired) electrons. The quantitative estimate of drug-likeness (QED) is 0.929. The second kappa shape index (κ2) is 5.97. The minimum Gasteiger partial charge on any atom is -0.396 e. The van der Waals surface area contributed by atoms with Crippen LogP contribution in [-0.2, 0) is 6.42 Å². The highest BCUT2D eigenvalue weighted by Gasteiger charge is 2.57. The van der Waals surface area contributed by atoms with Crippen LogP contribution in [0.5, 0.6) is 0 Å². The van der Waals surface area contributed by atoms with Crippen molar-refractivity contribution in [2.75, 3.05) is 6.61 Å². The first-order valence-electron chi connectivity index (χ1n) is 8.52. The van der Waals surface area contributed by atoms with E-state index in [4.69, 9.17) is 0 Å². The Morgan fingerprint density at radius 3 is 2.83 bits per heavy atom. The minimum absolute atomic E-state index is 0.0373. The zero-order valence-corrected chi connectivity index (χ0v) is 14.6. The van der Waals surface area contributed by atoms with Gasteiger partial charge in [0.05, 0.1) is 11.6 Å². The van der Waals surface area contributed by atoms with Gasteiger partial charge in [0.1, 0.15) is 5.69 Å². The van der Waals surface area contributed by atoms with Crippen LogP contribution < -0.4 is 0 Å². The molecule has 2 aliphatic rings. The van der Waals surface area contributed by atoms with E-state index >= 15 is 0 Å². The maximum Gasteiger partial charge on any atom is 0.273 e. The molecule has 1 aromatic heterocycles. The molecule has 1 aromatic carbocycles. The summed E-state index contributed by atoms with van der Waals surface area (Å²) in [5, 5.41) is 13.0. The lowest BCUT2D eigenvalue weighted by molar-refractivity contribution is 0.0567. The fraction of sp³-hybridized carbons (Fsp3) is 0.474. The molecule has 3 atom stereocenters. The van der Waals surface area contributed by atoms with Crippen LogP contribution in [0.4, 0.5) is 0 Å². The molecule has 0 unspecified atom stereocenters. The summed E-state index contributed by atoms with van der Waals surface area (Å²) >= 11 is 1.51. The Bertz CT molecular complexity index is 745. The van der Waals surface area contributed by atoms with E-state index in [2.05, 4.69) is 17.1 Å². The van der Waals surface area contributed by atoms with E-state index in [-0.39, 0.29) is 30.0 Å². The molecular formula is C19H22N2O2S. The Labute approximate surface area is 146 Å². The summed E-state index contributed by atoms with van der Waals surface area (Å²) in [6.45, 7) is 2.05. The number of hydrogen-bond acceptors (Lipinski definition) is 4. The van der Waals surface area contributed by atoms with Crippen LogP contribution in [0.1, 0.15) is 40.3 Å². The van der Waals surface area contributed by atoms with Crippen molar-refractivity contribution in [3.8, 4) is 0 Å². The summed E-state index contributed by atoms with van der Waals surface area (Å²) in [5.41, 5.74) is 1.57. The van der Waals surface area contributed by atoms with Gasteiger partial charge in [-0.05, 0) is 38.2 Å². The van der Waals surface area contributed by atoms with Crippen LogP contribution >= 0.6 is 11.3 Å². The summed E-state index contributed by atoms with van der Waals surface area (Å²) in [6, 6.07) is 10.7. The smallest absolute Gasteiger partial charge is 0.273 e. The molecule has 3 heterocycles. The van der Waals surface area contributed by atoms with E-state index in [9.17, 15) is 9.90 Å². The molecule has 2 aliphatic heterocycles. The highest BCUT2D eigenvalue weighted by Crippen LogP contribution is 2.51. The number of aliphatic hydroxyl groups is 1. The molecule has 126 valence electrons. The Morgan fingerprint density at radius 2 is 2.17 bits per heavy atom. The number of nitrogens with zero attached hydrogens (tertiary/aromatic N) is 2. The Balaban J connectivity index is 1.62. The van der Waals surface area contributed by atoms with Gasteiger partial charge in [0.25, 0.3) is 5.91 Å². The van der Waals surface area contributed by atoms with E-state index in [0.717, 1.165) is 30.7 Å². The van der Waals surface area contributed by atoms with E-state index in [1.165, 1.54) is 16.9 Å². The van der Waals surface area contributed by atoms with Gasteiger partial charge in [0.15, 0.2) is 0 Å². The van der Waals surface area contributed by atoms with Crippen molar-refractivity contribution in [2.24, 2.45) is 5.41 Å². The lowest BCUT2D eigenvalue weighted by Gasteiger charge is -2.36. The molecule has 2 saturated heterocycles. The standard InChI is InChI=1S/C19H22N2O2S/c1-13-20-16(11-24-13)18(23)21-15-7-8-17(21)19(10-15,12-22)9-14-5-3-2-4-6-14/h2-6,11,15,17,22H,7-10,12H2,1H3/t15-,17+,19-/m0/s1. The number of aryl methyl sites for hydroxylation is 1. The largest absolute Gasteiger partial charge is 0.396 e. The molecule has 24 heavy (non-hydrogen) atoms. The highest BCUT2D eigenvalue weighted by atomic mass is 32.1. The molecule has 0 aliphatic carbocycles. The average molecular weight is 342 g/mol. The summed E-state index contributed by atoms with van der Waals surface area (Å²) in [7, 11) is 0. The molecule has 2 aromatic rings. The third-order valence-electron chi connectivity index (χ3n) is 5.64. The average Bonchev–Trinajstić information content (AvgIpc) is 3.28. The number of fused-ring (bicyclic) bond motifs is 2. The van der Waals surface area contributed by atoms with Gasteiger partial charge in [-0.25, -0.2) is 4.98 Å². The second-order valence-corrected chi connectivity index (χ2v) is 8.16. The molecule has 2 bridgehead atoms. The first-order valence-corrected chi connectivity index (χ1v) is 9.40. The molecule has 4 nitrogen and oxygen atoms in total. The monoisotopic (exact) mass is 342 g/mol. The zero-order valence-electron chi connectivity index (χ0n) is 13.8. The van der Waals surface area contributed by atoms with Crippen molar-refractivity contribution < 1.29 is 9.90 Å². The Morgan fingerprint density at radius 1 is 1.38 bits per heavy atom. The summed E-state index contributed by atoms with van der Waals surface area (Å²) in [5.74, 6) is 0.0373. The molecular weight excluding hydrogens is 320 g/mol. The van der Waals surface area contributed by atoms with Crippen LogP contribution in [0.3, 0.4) is 0 Å². The molecule has 0 saturated carbocycles. The number of carbonyl (C=O) groups is 1. The number of aliphatic hydroxyl groups excluding tert-OH is 1. The van der Waals surface area contributed by atoms with Gasteiger partial charge in [-0.15, -0.1) is 11.3 Å². The number of benzene rings is 1. The summed E-state index contributed by atoms with van der Waals surface area (Å²) in [4.78, 5) is 19.4. The number of aromatic nitrogens is 1. The van der Waals surface area contributed by atoms with Crippen LogP contribution in [0, 0.1) is 12.3 Å². The Kier molecular flexibility index (Phi) is 3.93. The Hall–Kier alpha value is -1.72. The van der Waals surface area contributed by atoms with Gasteiger partial charge in [-0.1, -0.05) is 30.3 Å². The lowest BCUT2D eigenvalue weighted by atomic mass is 9.70. The van der Waals surface area contributed by atoms with Crippen LogP contribution in [0.25, 0.3) is 0 Å². The second-order valence-electron chi connectivity index (χ2n) is 7.10. The number of amides is 1. The van der Waals surface area contributed by atoms with Gasteiger partial charge in [0.2, 0.25) is 0 Å². The van der Waals surface area contributed by atoms with Crippen molar-refractivity contribution in [2.45, 2.75) is 44.7 Å². The number of carbonyl (C=O) groups excluding carboxylic acids is 1. The third-order valence-corrected chi connectivity index (χ3v) is 6.41. The topological polar surface area (TPSA) is 53.4 Å². The third kappa shape index (κ3) is 2.47. The summed E-state index contributed by atoms with van der Waals surface area (Å²) in [6.07, 6.45) is 3.73. The van der Waals surface area contributed by atoms with Crippen LogP contribution in [-0.4, -0.2) is 39.6 Å². The fourth-order valence-electron chi connectivity index (χ4n) is 4.61. The normalized spacial score (nSPS) is 28.5. The van der Waals surface area contributed by atoms with E-state index in [1.807, 2.05) is 35.4 Å². The van der Waals surface area contributed by atoms with E-state index in [0.29, 0.717) is 5.69 Å². The maximum absolute atomic E-state index is 13.0. The summed E-state index contributed by atoms with van der Waals surface area (Å²) < 4.78 is 0. The van der Waals surface area contributed by atoms with Gasteiger partial charge < -0.3 is 10.0 Å². The predicted molar refractivity (Wildman–Crippen MR) is 94.1 cm³/mol. The zero-order chi connectivity index (χ0) is 16.7. The van der Waals surface area contributed by atoms with Gasteiger partial charge in [-0.2, -0.15) is 0 Å². The molecule has 5 heteroatoms. The molecule has 0 spiro atoms. The minimum atomic E-state index is -0.217. The fourth-order valence-corrected chi connectivity index (χ4v) is 5.20. The molecule has 2 fully saturated rings. The van der Waals surface area contributed by atoms with Gasteiger partial charge in [0, 0.05) is 22.9 Å². The van der Waals surface area contributed by atoms with Gasteiger partial charge >= 0.3 is 0 Å². The molecule has 1 amide bonds. The van der Waals surface area contributed by atoms with Crippen molar-refractivity contribution in [3.63, 3.8) is 0 Å². The molecule has 4 rings (SSSR count). The van der Waals surface area contributed by atoms with Crippen LogP contribution in [0.15, 0.2) is 35.7 Å².